The van der Waals surface area contributed by atoms with Gasteiger partial charge in [-0.1, -0.05) is 68.9 Å². The van der Waals surface area contributed by atoms with Crippen LogP contribution in [0.3, 0.4) is 0 Å². The third-order valence-corrected chi connectivity index (χ3v) is 5.99. The number of nitrogens with zero attached hydrogens (tertiary/aromatic N) is 3. The highest BCUT2D eigenvalue weighted by Gasteiger charge is 2.21. The number of methoxy groups -OCH3 is 1. The summed E-state index contributed by atoms with van der Waals surface area (Å²) in [4.78, 5) is 12.7. The zero-order valence-corrected chi connectivity index (χ0v) is 19.1. The lowest BCUT2D eigenvalue weighted by Gasteiger charge is -2.19. The predicted molar refractivity (Wildman–Crippen MR) is 122 cm³/mol. The van der Waals surface area contributed by atoms with Gasteiger partial charge in [-0.15, -0.1) is 10.2 Å². The monoisotopic (exact) mass is 424 g/mol. The zero-order chi connectivity index (χ0) is 21.9. The SMILES string of the molecule is COc1ccccc1NC(=O)[C@@H](C)Sc1nnc(-c2ccc(C(C)(C)C)cc2)n1C. The number of rotatable bonds is 6. The van der Waals surface area contributed by atoms with Gasteiger partial charge in [0.05, 0.1) is 18.0 Å². The van der Waals surface area contributed by atoms with E-state index in [0.717, 1.165) is 11.4 Å². The van der Waals surface area contributed by atoms with Crippen molar-refractivity contribution in [1.29, 1.82) is 0 Å². The van der Waals surface area contributed by atoms with Crippen LogP contribution in [0.2, 0.25) is 0 Å². The fraction of sp³-hybridized carbons (Fsp3) is 0.348. The number of carbonyl (C=O) groups is 1. The first kappa shape index (κ1) is 21.9. The normalized spacial score (nSPS) is 12.5. The number of anilines is 1. The van der Waals surface area contributed by atoms with Crippen molar-refractivity contribution >= 4 is 23.4 Å². The molecule has 1 atom stereocenters. The van der Waals surface area contributed by atoms with Crippen molar-refractivity contribution in [2.24, 2.45) is 7.05 Å². The van der Waals surface area contributed by atoms with E-state index in [2.05, 4.69) is 60.6 Å². The molecule has 2 aromatic carbocycles. The number of para-hydroxylation sites is 2. The molecule has 0 unspecified atom stereocenters. The molecule has 1 aromatic heterocycles. The topological polar surface area (TPSA) is 69.0 Å². The van der Waals surface area contributed by atoms with Crippen molar-refractivity contribution in [3.05, 3.63) is 54.1 Å². The fourth-order valence-electron chi connectivity index (χ4n) is 2.98. The van der Waals surface area contributed by atoms with Crippen molar-refractivity contribution in [3.8, 4) is 17.1 Å². The first-order valence-corrected chi connectivity index (χ1v) is 10.7. The number of hydrogen-bond acceptors (Lipinski definition) is 5. The third-order valence-electron chi connectivity index (χ3n) is 4.86. The zero-order valence-electron chi connectivity index (χ0n) is 18.3. The standard InChI is InChI=1S/C23H28N4O2S/c1-15(21(28)24-18-9-7-8-10-19(18)29-6)30-22-26-25-20(27(22)5)16-11-13-17(14-12-16)23(2,3)4/h7-15H,1-6H3,(H,24,28)/t15-/m1/s1. The van der Waals surface area contributed by atoms with Gasteiger partial charge >= 0.3 is 0 Å². The van der Waals surface area contributed by atoms with E-state index in [1.807, 2.05) is 42.8 Å². The largest absolute Gasteiger partial charge is 0.495 e. The van der Waals surface area contributed by atoms with Crippen LogP contribution in [0, 0.1) is 0 Å². The minimum Gasteiger partial charge on any atom is -0.495 e. The van der Waals surface area contributed by atoms with E-state index in [-0.39, 0.29) is 16.6 Å². The lowest BCUT2D eigenvalue weighted by Crippen LogP contribution is -2.23. The molecule has 3 aromatic rings. The van der Waals surface area contributed by atoms with Crippen LogP contribution in [0.5, 0.6) is 5.75 Å². The summed E-state index contributed by atoms with van der Waals surface area (Å²) in [7, 11) is 3.50. The molecular formula is C23H28N4O2S. The van der Waals surface area contributed by atoms with Crippen LogP contribution in [-0.4, -0.2) is 33.0 Å². The van der Waals surface area contributed by atoms with Crippen LogP contribution in [0.15, 0.2) is 53.7 Å². The minimum absolute atomic E-state index is 0.101. The van der Waals surface area contributed by atoms with Crippen LogP contribution in [0.4, 0.5) is 5.69 Å². The predicted octanol–water partition coefficient (Wildman–Crippen LogP) is 4.91. The molecule has 1 N–H and O–H groups in total. The van der Waals surface area contributed by atoms with Gasteiger partial charge in [0.25, 0.3) is 0 Å². The van der Waals surface area contributed by atoms with Crippen molar-refractivity contribution in [2.45, 2.75) is 43.5 Å². The molecule has 1 heterocycles. The van der Waals surface area contributed by atoms with Crippen molar-refractivity contribution in [1.82, 2.24) is 14.8 Å². The van der Waals surface area contributed by atoms with E-state index in [1.165, 1.54) is 17.3 Å². The maximum absolute atomic E-state index is 12.7. The molecule has 0 aliphatic heterocycles. The Bertz CT molecular complexity index is 1020. The average Bonchev–Trinajstić information content (AvgIpc) is 3.08. The van der Waals surface area contributed by atoms with Gasteiger partial charge in [-0.2, -0.15) is 0 Å². The summed E-state index contributed by atoms with van der Waals surface area (Å²) >= 11 is 1.37. The van der Waals surface area contributed by atoms with Crippen LogP contribution in [0.1, 0.15) is 33.3 Å². The molecule has 3 rings (SSSR count). The van der Waals surface area contributed by atoms with E-state index < -0.39 is 0 Å². The van der Waals surface area contributed by atoms with Gasteiger partial charge in [-0.3, -0.25) is 4.79 Å². The highest BCUT2D eigenvalue weighted by Crippen LogP contribution is 2.29. The molecule has 30 heavy (non-hydrogen) atoms. The maximum atomic E-state index is 12.7. The van der Waals surface area contributed by atoms with E-state index in [9.17, 15) is 4.79 Å². The summed E-state index contributed by atoms with van der Waals surface area (Å²) in [5, 5.41) is 11.9. The molecule has 0 saturated heterocycles. The van der Waals surface area contributed by atoms with Crippen molar-refractivity contribution in [2.75, 3.05) is 12.4 Å². The number of hydrogen-bond donors (Lipinski definition) is 1. The Balaban J connectivity index is 1.72. The average molecular weight is 425 g/mol. The molecule has 0 aliphatic carbocycles. The maximum Gasteiger partial charge on any atom is 0.237 e. The number of ether oxygens (including phenoxy) is 1. The molecule has 0 bridgehead atoms. The Hall–Kier alpha value is -2.80. The van der Waals surface area contributed by atoms with Gasteiger partial charge in [0.2, 0.25) is 5.91 Å². The summed E-state index contributed by atoms with van der Waals surface area (Å²) < 4.78 is 7.22. The number of benzene rings is 2. The van der Waals surface area contributed by atoms with Crippen LogP contribution < -0.4 is 10.1 Å². The van der Waals surface area contributed by atoms with E-state index in [4.69, 9.17) is 4.74 Å². The Morgan fingerprint density at radius 1 is 1.10 bits per heavy atom. The van der Waals surface area contributed by atoms with Crippen LogP contribution in [-0.2, 0) is 17.3 Å². The molecule has 0 fully saturated rings. The highest BCUT2D eigenvalue weighted by molar-refractivity contribution is 8.00. The second kappa shape index (κ2) is 8.92. The summed E-state index contributed by atoms with van der Waals surface area (Å²) in [6, 6.07) is 15.7. The summed E-state index contributed by atoms with van der Waals surface area (Å²) in [6.45, 7) is 8.42. The molecule has 0 spiro atoms. The fourth-order valence-corrected chi connectivity index (χ4v) is 3.80. The summed E-state index contributed by atoms with van der Waals surface area (Å²) in [6.07, 6.45) is 0. The first-order chi connectivity index (χ1) is 14.2. The number of thioether (sulfide) groups is 1. The molecule has 158 valence electrons. The summed E-state index contributed by atoms with van der Waals surface area (Å²) in [5.74, 6) is 1.28. The van der Waals surface area contributed by atoms with E-state index >= 15 is 0 Å². The van der Waals surface area contributed by atoms with Crippen LogP contribution in [0.25, 0.3) is 11.4 Å². The Kier molecular flexibility index (Phi) is 6.51. The quantitative estimate of drug-likeness (QED) is 0.570. The first-order valence-electron chi connectivity index (χ1n) is 9.81. The molecular weight excluding hydrogens is 396 g/mol. The van der Waals surface area contributed by atoms with Crippen LogP contribution >= 0.6 is 11.8 Å². The molecule has 0 saturated carbocycles. The van der Waals surface area contributed by atoms with Crippen molar-refractivity contribution < 1.29 is 9.53 Å². The molecule has 7 heteroatoms. The molecule has 1 amide bonds. The molecule has 0 aliphatic rings. The Morgan fingerprint density at radius 3 is 2.40 bits per heavy atom. The van der Waals surface area contributed by atoms with Gasteiger partial charge in [0.15, 0.2) is 11.0 Å². The third kappa shape index (κ3) is 4.84. The van der Waals surface area contributed by atoms with Crippen molar-refractivity contribution in [3.63, 3.8) is 0 Å². The smallest absolute Gasteiger partial charge is 0.237 e. The lowest BCUT2D eigenvalue weighted by molar-refractivity contribution is -0.115. The second-order valence-corrected chi connectivity index (χ2v) is 9.45. The van der Waals surface area contributed by atoms with Gasteiger partial charge in [0, 0.05) is 12.6 Å². The number of nitrogens with one attached hydrogen (secondary N) is 1. The van der Waals surface area contributed by atoms with Gasteiger partial charge in [-0.25, -0.2) is 0 Å². The lowest BCUT2D eigenvalue weighted by atomic mass is 9.87. The van der Waals surface area contributed by atoms with Gasteiger partial charge in [-0.05, 0) is 30.0 Å². The number of amides is 1. The number of aromatic nitrogens is 3. The second-order valence-electron chi connectivity index (χ2n) is 8.14. The van der Waals surface area contributed by atoms with Gasteiger partial charge in [0.1, 0.15) is 5.75 Å². The van der Waals surface area contributed by atoms with Gasteiger partial charge < -0.3 is 14.6 Å². The van der Waals surface area contributed by atoms with E-state index in [1.54, 1.807) is 7.11 Å². The molecule has 6 nitrogen and oxygen atoms in total. The summed E-state index contributed by atoms with van der Waals surface area (Å²) in [5.41, 5.74) is 3.01. The Morgan fingerprint density at radius 2 is 1.77 bits per heavy atom. The Labute approximate surface area is 182 Å². The minimum atomic E-state index is -0.353. The molecule has 0 radical (unpaired) electrons. The van der Waals surface area contributed by atoms with E-state index in [0.29, 0.717) is 16.6 Å². The highest BCUT2D eigenvalue weighted by atomic mass is 32.2. The number of carbonyl (C=O) groups excluding carboxylic acids is 1.